The van der Waals surface area contributed by atoms with E-state index < -0.39 is 17.3 Å². The molecule has 0 unspecified atom stereocenters. The first-order valence-corrected chi connectivity index (χ1v) is 11.3. The van der Waals surface area contributed by atoms with Gasteiger partial charge in [-0.2, -0.15) is 0 Å². The van der Waals surface area contributed by atoms with Crippen molar-refractivity contribution in [3.63, 3.8) is 0 Å². The molecule has 3 heterocycles. The smallest absolute Gasteiger partial charge is 0.353 e. The maximum absolute atomic E-state index is 15.0. The number of hydrogen-bond donors (Lipinski definition) is 2. The molecule has 0 fully saturated rings. The Labute approximate surface area is 200 Å². The molecule has 0 saturated heterocycles. The van der Waals surface area contributed by atoms with Crippen LogP contribution in [0.4, 0.5) is 4.39 Å². The number of aromatic amines is 1. The zero-order valence-electron chi connectivity index (χ0n) is 17.6. The summed E-state index contributed by atoms with van der Waals surface area (Å²) in [6.07, 6.45) is 5.49. The maximum Gasteiger partial charge on any atom is 0.353 e. The molecular weight excluding hydrogens is 503 g/mol. The van der Waals surface area contributed by atoms with E-state index in [4.69, 9.17) is 4.42 Å². The molecule has 0 radical (unpaired) electrons. The van der Waals surface area contributed by atoms with E-state index in [1.807, 2.05) is 24.3 Å². The van der Waals surface area contributed by atoms with Gasteiger partial charge in [-0.25, -0.2) is 9.18 Å². The highest BCUT2D eigenvalue weighted by Gasteiger charge is 2.29. The highest BCUT2D eigenvalue weighted by atomic mass is 79.9. The third-order valence-electron chi connectivity index (χ3n) is 6.29. The Hall–Kier alpha value is -3.91. The van der Waals surface area contributed by atoms with E-state index >= 15 is 4.39 Å². The molecule has 2 N–H and O–H groups in total. The first kappa shape index (κ1) is 20.7. The molecule has 0 aliphatic heterocycles. The number of aromatic nitrogens is 2. The van der Waals surface area contributed by atoms with Crippen LogP contribution in [0.3, 0.4) is 0 Å². The summed E-state index contributed by atoms with van der Waals surface area (Å²) in [4.78, 5) is 28.0. The number of aromatic carboxylic acids is 1. The van der Waals surface area contributed by atoms with E-state index in [2.05, 4.69) is 20.9 Å². The number of allylic oxidation sites excluding steroid dienone is 1. The van der Waals surface area contributed by atoms with Crippen molar-refractivity contribution in [2.75, 3.05) is 0 Å². The number of H-pyrrole nitrogens is 1. The monoisotopic (exact) mass is 518 g/mol. The lowest BCUT2D eigenvalue weighted by Crippen LogP contribution is -2.14. The number of nitrogens with one attached hydrogen (secondary N) is 1. The minimum Gasteiger partial charge on any atom is -0.477 e. The van der Waals surface area contributed by atoms with Crippen molar-refractivity contribution in [2.45, 2.75) is 13.0 Å². The van der Waals surface area contributed by atoms with Gasteiger partial charge in [-0.15, -0.1) is 0 Å². The van der Waals surface area contributed by atoms with Crippen LogP contribution in [0.25, 0.3) is 39.1 Å². The van der Waals surface area contributed by atoms with E-state index in [0.717, 1.165) is 21.2 Å². The lowest BCUT2D eigenvalue weighted by molar-refractivity contribution is 0.0687. The second-order valence-electron chi connectivity index (χ2n) is 8.23. The van der Waals surface area contributed by atoms with Crippen molar-refractivity contribution in [1.29, 1.82) is 0 Å². The quantitative estimate of drug-likeness (QED) is 0.306. The van der Waals surface area contributed by atoms with Gasteiger partial charge in [0, 0.05) is 22.8 Å². The molecule has 6 nitrogen and oxygen atoms in total. The fraction of sp³-hybridized carbons (Fsp3) is 0.0769. The minimum absolute atomic E-state index is 0.0917. The molecule has 1 aliphatic rings. The highest BCUT2D eigenvalue weighted by Crippen LogP contribution is 2.41. The Morgan fingerprint density at radius 2 is 2.09 bits per heavy atom. The van der Waals surface area contributed by atoms with Crippen molar-refractivity contribution in [1.82, 2.24) is 9.55 Å². The summed E-state index contributed by atoms with van der Waals surface area (Å²) in [6, 6.07) is 11.9. The predicted octanol–water partition coefficient (Wildman–Crippen LogP) is 5.98. The molecule has 3 aromatic heterocycles. The largest absolute Gasteiger partial charge is 0.477 e. The summed E-state index contributed by atoms with van der Waals surface area (Å²) >= 11 is 3.58. The Morgan fingerprint density at radius 3 is 2.85 bits per heavy atom. The van der Waals surface area contributed by atoms with Gasteiger partial charge in [0.25, 0.3) is 5.56 Å². The fourth-order valence-electron chi connectivity index (χ4n) is 4.87. The molecule has 5 aromatic rings. The van der Waals surface area contributed by atoms with Gasteiger partial charge < -0.3 is 19.1 Å². The van der Waals surface area contributed by atoms with Crippen LogP contribution < -0.4 is 5.56 Å². The normalized spacial score (nSPS) is 12.9. The molecule has 8 heteroatoms. The van der Waals surface area contributed by atoms with Gasteiger partial charge in [-0.1, -0.05) is 34.1 Å². The standard InChI is InChI=1S/C26H16BrFN2O4/c27-18-5-1-3-14-9-13(10-17(14)18)12-30-20-11-19(28)15-6-8-34-24(15)22(20)21(23(30)26(32)33)16-4-2-7-29-25(16)31/h1-9,11H,10,12H2,(H,29,31)(H,32,33). The van der Waals surface area contributed by atoms with E-state index in [1.54, 1.807) is 16.7 Å². The van der Waals surface area contributed by atoms with Gasteiger partial charge in [-0.3, -0.25) is 4.79 Å². The number of rotatable bonds is 4. The van der Waals surface area contributed by atoms with Crippen molar-refractivity contribution < 1.29 is 18.7 Å². The van der Waals surface area contributed by atoms with Crippen LogP contribution in [0.15, 0.2) is 74.2 Å². The SMILES string of the molecule is O=C(O)c1c(-c2ccc[nH]c2=O)c2c3occc3c(F)cc2n1CC1=Cc2cccc(Br)c2C1. The molecule has 34 heavy (non-hydrogen) atoms. The molecule has 168 valence electrons. The number of halogens is 2. The van der Waals surface area contributed by atoms with Gasteiger partial charge >= 0.3 is 5.97 Å². The third kappa shape index (κ3) is 2.99. The second kappa shape index (κ2) is 7.56. The van der Waals surface area contributed by atoms with E-state index in [9.17, 15) is 14.7 Å². The van der Waals surface area contributed by atoms with Crippen LogP contribution in [-0.4, -0.2) is 20.6 Å². The summed E-state index contributed by atoms with van der Waals surface area (Å²) in [5, 5.41) is 10.9. The number of carboxylic acid groups (broad SMARTS) is 1. The molecule has 0 spiro atoms. The van der Waals surface area contributed by atoms with Gasteiger partial charge in [-0.05, 0) is 53.5 Å². The summed E-state index contributed by atoms with van der Waals surface area (Å²) in [6.45, 7) is 0.218. The maximum atomic E-state index is 15.0. The number of fused-ring (bicyclic) bond motifs is 4. The number of carbonyl (C=O) groups is 1. The average molecular weight is 519 g/mol. The number of pyridine rings is 1. The van der Waals surface area contributed by atoms with Gasteiger partial charge in [0.2, 0.25) is 0 Å². The molecule has 1 aliphatic carbocycles. The molecule has 6 rings (SSSR count). The first-order valence-electron chi connectivity index (χ1n) is 10.5. The fourth-order valence-corrected chi connectivity index (χ4v) is 5.39. The Bertz CT molecular complexity index is 1740. The zero-order chi connectivity index (χ0) is 23.6. The van der Waals surface area contributed by atoms with E-state index in [1.165, 1.54) is 24.6 Å². The topological polar surface area (TPSA) is 88.2 Å². The molecule has 0 atom stereocenters. The Kier molecular flexibility index (Phi) is 4.60. The van der Waals surface area contributed by atoms with Crippen molar-refractivity contribution in [2.24, 2.45) is 0 Å². The van der Waals surface area contributed by atoms with Crippen LogP contribution >= 0.6 is 15.9 Å². The van der Waals surface area contributed by atoms with Gasteiger partial charge in [0.15, 0.2) is 0 Å². The average Bonchev–Trinajstić information content (AvgIpc) is 3.51. The molecule has 2 aromatic carbocycles. The lowest BCUT2D eigenvalue weighted by atomic mass is 10.0. The molecule has 0 bridgehead atoms. The van der Waals surface area contributed by atoms with Crippen molar-refractivity contribution in [3.05, 3.63) is 98.0 Å². The Balaban J connectivity index is 1.67. The first-order chi connectivity index (χ1) is 16.4. The summed E-state index contributed by atoms with van der Waals surface area (Å²) in [5.41, 5.74) is 3.56. The van der Waals surface area contributed by atoms with E-state index in [0.29, 0.717) is 17.3 Å². The minimum atomic E-state index is -1.22. The zero-order valence-corrected chi connectivity index (χ0v) is 19.1. The number of hydrogen-bond acceptors (Lipinski definition) is 3. The number of furan rings is 1. The van der Waals surface area contributed by atoms with Crippen molar-refractivity contribution >= 4 is 49.8 Å². The number of benzene rings is 2. The van der Waals surface area contributed by atoms with Crippen LogP contribution in [0.2, 0.25) is 0 Å². The van der Waals surface area contributed by atoms with E-state index in [-0.39, 0.29) is 34.3 Å². The number of nitrogens with zero attached hydrogens (tertiary/aromatic N) is 1. The predicted molar refractivity (Wildman–Crippen MR) is 131 cm³/mol. The lowest BCUT2D eigenvalue weighted by Gasteiger charge is -2.10. The second-order valence-corrected chi connectivity index (χ2v) is 9.09. The van der Waals surface area contributed by atoms with Gasteiger partial charge in [0.1, 0.15) is 17.1 Å². The third-order valence-corrected chi connectivity index (χ3v) is 7.03. The van der Waals surface area contributed by atoms with Crippen LogP contribution in [-0.2, 0) is 13.0 Å². The van der Waals surface area contributed by atoms with Crippen LogP contribution in [0.1, 0.15) is 21.6 Å². The molecule has 0 saturated carbocycles. The van der Waals surface area contributed by atoms with Crippen LogP contribution in [0, 0.1) is 5.82 Å². The Morgan fingerprint density at radius 1 is 1.24 bits per heavy atom. The summed E-state index contributed by atoms with van der Waals surface area (Å²) in [7, 11) is 0. The van der Waals surface area contributed by atoms with Crippen LogP contribution in [0.5, 0.6) is 0 Å². The number of carboxylic acids is 1. The summed E-state index contributed by atoms with van der Waals surface area (Å²) in [5.74, 6) is -1.74. The molecular formula is C26H16BrFN2O4. The molecule has 0 amide bonds. The summed E-state index contributed by atoms with van der Waals surface area (Å²) < 4.78 is 23.2. The van der Waals surface area contributed by atoms with Gasteiger partial charge in [0.05, 0.1) is 28.1 Å². The van der Waals surface area contributed by atoms with Crippen molar-refractivity contribution in [3.8, 4) is 11.1 Å². The highest BCUT2D eigenvalue weighted by molar-refractivity contribution is 9.10.